The van der Waals surface area contributed by atoms with Crippen molar-refractivity contribution in [3.05, 3.63) is 22.4 Å². The van der Waals surface area contributed by atoms with Crippen LogP contribution in [-0.4, -0.2) is 13.2 Å². The van der Waals surface area contributed by atoms with E-state index in [4.69, 9.17) is 10.5 Å². The maximum atomic E-state index is 5.81. The van der Waals surface area contributed by atoms with Crippen LogP contribution < -0.4 is 5.73 Å². The molecule has 0 saturated heterocycles. The number of thiophene rings is 1. The molecule has 2 N–H and O–H groups in total. The van der Waals surface area contributed by atoms with Gasteiger partial charge >= 0.3 is 0 Å². The Morgan fingerprint density at radius 1 is 1.73 bits per heavy atom. The van der Waals surface area contributed by atoms with Gasteiger partial charge in [-0.05, 0) is 29.3 Å². The average Bonchev–Trinajstić information content (AvgIpc) is 2.52. The lowest BCUT2D eigenvalue weighted by Crippen LogP contribution is -2.16. The summed E-state index contributed by atoms with van der Waals surface area (Å²) in [5, 5.41) is 4.09. The van der Waals surface area contributed by atoms with E-state index in [9.17, 15) is 0 Å². The summed E-state index contributed by atoms with van der Waals surface area (Å²) in [6, 6.07) is 2.08. The highest BCUT2D eigenvalue weighted by Gasteiger charge is 2.04. The second-order valence-electron chi connectivity index (χ2n) is 2.32. The van der Waals surface area contributed by atoms with Crippen molar-refractivity contribution >= 4 is 11.3 Å². The molecular weight excluding hydrogens is 158 g/mol. The van der Waals surface area contributed by atoms with Crippen LogP contribution in [0.4, 0.5) is 0 Å². The molecular formula is C8H13NOS. The van der Waals surface area contributed by atoms with Crippen LogP contribution in [0.5, 0.6) is 0 Å². The zero-order valence-electron chi connectivity index (χ0n) is 6.62. The lowest BCUT2D eigenvalue weighted by molar-refractivity contribution is 0.133. The fraction of sp³-hybridized carbons (Fsp3) is 0.500. The van der Waals surface area contributed by atoms with Gasteiger partial charge in [0.25, 0.3) is 0 Å². The standard InChI is InChI=1S/C8H13NOS/c1-2-10-5-8(9)7-3-4-11-6-7/h3-4,6,8H,2,5,9H2,1H3. The van der Waals surface area contributed by atoms with E-state index in [0.717, 1.165) is 6.61 Å². The quantitative estimate of drug-likeness (QED) is 0.749. The van der Waals surface area contributed by atoms with Crippen LogP contribution in [0.25, 0.3) is 0 Å². The van der Waals surface area contributed by atoms with E-state index in [1.165, 1.54) is 5.56 Å². The van der Waals surface area contributed by atoms with Gasteiger partial charge in [-0.1, -0.05) is 0 Å². The number of ether oxygens (including phenoxy) is 1. The first-order chi connectivity index (χ1) is 5.34. The summed E-state index contributed by atoms with van der Waals surface area (Å²) in [4.78, 5) is 0. The smallest absolute Gasteiger partial charge is 0.0659 e. The molecule has 0 aliphatic rings. The molecule has 0 spiro atoms. The molecule has 0 amide bonds. The van der Waals surface area contributed by atoms with Crippen molar-refractivity contribution in [2.45, 2.75) is 13.0 Å². The molecule has 62 valence electrons. The molecule has 1 aromatic rings. The molecule has 11 heavy (non-hydrogen) atoms. The molecule has 1 rings (SSSR count). The van der Waals surface area contributed by atoms with E-state index in [2.05, 4.69) is 5.38 Å². The van der Waals surface area contributed by atoms with E-state index >= 15 is 0 Å². The molecule has 1 atom stereocenters. The highest BCUT2D eigenvalue weighted by Crippen LogP contribution is 2.13. The van der Waals surface area contributed by atoms with Crippen molar-refractivity contribution in [3.63, 3.8) is 0 Å². The molecule has 1 aromatic heterocycles. The van der Waals surface area contributed by atoms with Gasteiger partial charge in [-0.15, -0.1) is 0 Å². The number of rotatable bonds is 4. The maximum Gasteiger partial charge on any atom is 0.0659 e. The fourth-order valence-electron chi connectivity index (χ4n) is 0.827. The summed E-state index contributed by atoms with van der Waals surface area (Å²) in [6.45, 7) is 3.32. The van der Waals surface area contributed by atoms with Crippen molar-refractivity contribution in [1.82, 2.24) is 0 Å². The van der Waals surface area contributed by atoms with Gasteiger partial charge in [-0.25, -0.2) is 0 Å². The summed E-state index contributed by atoms with van der Waals surface area (Å²) in [5.41, 5.74) is 6.98. The number of hydrogen-bond donors (Lipinski definition) is 1. The second-order valence-corrected chi connectivity index (χ2v) is 3.10. The summed E-state index contributed by atoms with van der Waals surface area (Å²) >= 11 is 1.67. The highest BCUT2D eigenvalue weighted by atomic mass is 32.1. The second kappa shape index (κ2) is 4.49. The molecule has 3 heteroatoms. The van der Waals surface area contributed by atoms with Crippen molar-refractivity contribution in [3.8, 4) is 0 Å². The Labute approximate surface area is 71.0 Å². The van der Waals surface area contributed by atoms with Gasteiger partial charge in [0, 0.05) is 6.61 Å². The zero-order chi connectivity index (χ0) is 8.10. The molecule has 0 fully saturated rings. The van der Waals surface area contributed by atoms with E-state index in [-0.39, 0.29) is 6.04 Å². The van der Waals surface area contributed by atoms with Gasteiger partial charge < -0.3 is 10.5 Å². The molecule has 0 radical (unpaired) electrons. The van der Waals surface area contributed by atoms with Crippen LogP contribution in [-0.2, 0) is 4.74 Å². The number of hydrogen-bond acceptors (Lipinski definition) is 3. The third-order valence-electron chi connectivity index (χ3n) is 1.47. The molecule has 2 nitrogen and oxygen atoms in total. The first-order valence-corrected chi connectivity index (χ1v) is 4.64. The van der Waals surface area contributed by atoms with Crippen LogP contribution >= 0.6 is 11.3 Å². The molecule has 0 aliphatic heterocycles. The lowest BCUT2D eigenvalue weighted by Gasteiger charge is -2.08. The maximum absolute atomic E-state index is 5.81. The van der Waals surface area contributed by atoms with Crippen molar-refractivity contribution < 1.29 is 4.74 Å². The third-order valence-corrected chi connectivity index (χ3v) is 2.17. The zero-order valence-corrected chi connectivity index (χ0v) is 7.43. The highest BCUT2D eigenvalue weighted by molar-refractivity contribution is 7.07. The van der Waals surface area contributed by atoms with Crippen molar-refractivity contribution in [2.75, 3.05) is 13.2 Å². The summed E-state index contributed by atoms with van der Waals surface area (Å²) < 4.78 is 5.20. The van der Waals surface area contributed by atoms with Crippen LogP contribution in [0, 0.1) is 0 Å². The van der Waals surface area contributed by atoms with Crippen LogP contribution in [0.1, 0.15) is 18.5 Å². The van der Waals surface area contributed by atoms with Crippen LogP contribution in [0.3, 0.4) is 0 Å². The van der Waals surface area contributed by atoms with Crippen LogP contribution in [0.2, 0.25) is 0 Å². The Bertz CT molecular complexity index is 186. The minimum Gasteiger partial charge on any atom is -0.380 e. The van der Waals surface area contributed by atoms with E-state index in [1.54, 1.807) is 11.3 Å². The van der Waals surface area contributed by atoms with Gasteiger partial charge in [-0.2, -0.15) is 11.3 Å². The Morgan fingerprint density at radius 2 is 2.55 bits per heavy atom. The largest absolute Gasteiger partial charge is 0.380 e. The predicted octanol–water partition coefficient (Wildman–Crippen LogP) is 1.78. The number of nitrogens with two attached hydrogens (primary N) is 1. The Morgan fingerprint density at radius 3 is 3.09 bits per heavy atom. The van der Waals surface area contributed by atoms with Gasteiger partial charge in [-0.3, -0.25) is 0 Å². The summed E-state index contributed by atoms with van der Waals surface area (Å²) in [5.74, 6) is 0. The van der Waals surface area contributed by atoms with Gasteiger partial charge in [0.1, 0.15) is 0 Å². The Balaban J connectivity index is 2.36. The monoisotopic (exact) mass is 171 g/mol. The SMILES string of the molecule is CCOCC(N)c1ccsc1. The minimum atomic E-state index is 0.0428. The van der Waals surface area contributed by atoms with Gasteiger partial charge in [0.2, 0.25) is 0 Å². The van der Waals surface area contributed by atoms with E-state index in [0.29, 0.717) is 6.61 Å². The van der Waals surface area contributed by atoms with Crippen LogP contribution in [0.15, 0.2) is 16.8 Å². The molecule has 0 saturated carbocycles. The lowest BCUT2D eigenvalue weighted by atomic mass is 10.2. The van der Waals surface area contributed by atoms with Crippen molar-refractivity contribution in [1.29, 1.82) is 0 Å². The topological polar surface area (TPSA) is 35.2 Å². The first-order valence-electron chi connectivity index (χ1n) is 3.70. The van der Waals surface area contributed by atoms with Crippen molar-refractivity contribution in [2.24, 2.45) is 5.73 Å². The fourth-order valence-corrected chi connectivity index (χ4v) is 1.55. The molecule has 1 unspecified atom stereocenters. The summed E-state index contributed by atoms with van der Waals surface area (Å²) in [7, 11) is 0. The normalized spacial score (nSPS) is 13.3. The summed E-state index contributed by atoms with van der Waals surface area (Å²) in [6.07, 6.45) is 0. The molecule has 0 aliphatic carbocycles. The van der Waals surface area contributed by atoms with Gasteiger partial charge in [0.05, 0.1) is 12.6 Å². The third kappa shape index (κ3) is 2.61. The Kier molecular flexibility index (Phi) is 3.56. The minimum absolute atomic E-state index is 0.0428. The average molecular weight is 171 g/mol. The molecule has 1 heterocycles. The van der Waals surface area contributed by atoms with Gasteiger partial charge in [0.15, 0.2) is 0 Å². The van der Waals surface area contributed by atoms with E-state index < -0.39 is 0 Å². The van der Waals surface area contributed by atoms with E-state index in [1.807, 2.05) is 18.4 Å². The molecule has 0 aromatic carbocycles. The Hall–Kier alpha value is -0.380. The molecule has 0 bridgehead atoms. The predicted molar refractivity (Wildman–Crippen MR) is 47.7 cm³/mol. The first kappa shape index (κ1) is 8.71.